The van der Waals surface area contributed by atoms with Crippen molar-refractivity contribution in [3.8, 4) is 5.75 Å². The number of nitrogens with zero attached hydrogens (tertiary/aromatic N) is 1. The molecule has 0 bridgehead atoms. The number of anilines is 1. The average molecular weight is 299 g/mol. The number of thiophene rings is 1. The van der Waals surface area contributed by atoms with Crippen LogP contribution in [-0.4, -0.2) is 12.1 Å². The van der Waals surface area contributed by atoms with Crippen LogP contribution in [0, 0.1) is 0 Å². The summed E-state index contributed by atoms with van der Waals surface area (Å²) in [5.74, 6) is 1.62. The summed E-state index contributed by atoms with van der Waals surface area (Å²) in [4.78, 5) is 5.50. The summed E-state index contributed by atoms with van der Waals surface area (Å²) in [5, 5.41) is 5.32. The van der Waals surface area contributed by atoms with Crippen molar-refractivity contribution in [2.75, 3.05) is 12.4 Å². The average Bonchev–Trinajstić information content (AvgIpc) is 2.73. The normalized spacial score (nSPS) is 10.1. The van der Waals surface area contributed by atoms with Crippen LogP contribution >= 0.6 is 27.3 Å². The molecule has 3 nitrogen and oxygen atoms in total. The molecule has 16 heavy (non-hydrogen) atoms. The van der Waals surface area contributed by atoms with Gasteiger partial charge in [0.1, 0.15) is 11.6 Å². The molecule has 0 saturated heterocycles. The number of nitrogens with one attached hydrogen (secondary N) is 1. The van der Waals surface area contributed by atoms with E-state index in [2.05, 4.69) is 37.7 Å². The second-order valence-corrected chi connectivity index (χ2v) is 5.08. The first-order chi connectivity index (χ1) is 7.78. The summed E-state index contributed by atoms with van der Waals surface area (Å²) >= 11 is 5.14. The van der Waals surface area contributed by atoms with Gasteiger partial charge in [0.05, 0.1) is 19.9 Å². The standard InChI is InChI=1S/C11H11BrN2OS/c1-15-9-2-3-11(13-5-9)14-6-10-4-8(12)7-16-10/h2-5,7H,6H2,1H3,(H,13,14). The quantitative estimate of drug-likeness (QED) is 0.938. The number of methoxy groups -OCH3 is 1. The summed E-state index contributed by atoms with van der Waals surface area (Å²) in [5.41, 5.74) is 0. The fraction of sp³-hybridized carbons (Fsp3) is 0.182. The highest BCUT2D eigenvalue weighted by atomic mass is 79.9. The van der Waals surface area contributed by atoms with Gasteiger partial charge in [0.2, 0.25) is 0 Å². The van der Waals surface area contributed by atoms with Gasteiger partial charge in [-0.15, -0.1) is 11.3 Å². The minimum Gasteiger partial charge on any atom is -0.495 e. The number of ether oxygens (including phenoxy) is 1. The monoisotopic (exact) mass is 298 g/mol. The van der Waals surface area contributed by atoms with E-state index in [4.69, 9.17) is 4.74 Å². The third-order valence-electron chi connectivity index (χ3n) is 2.04. The van der Waals surface area contributed by atoms with E-state index < -0.39 is 0 Å². The van der Waals surface area contributed by atoms with Crippen molar-refractivity contribution in [1.82, 2.24) is 4.98 Å². The van der Waals surface area contributed by atoms with E-state index in [1.165, 1.54) is 4.88 Å². The molecule has 2 rings (SSSR count). The topological polar surface area (TPSA) is 34.1 Å². The Morgan fingerprint density at radius 3 is 2.94 bits per heavy atom. The van der Waals surface area contributed by atoms with Crippen LogP contribution in [0.25, 0.3) is 0 Å². The largest absolute Gasteiger partial charge is 0.495 e. The van der Waals surface area contributed by atoms with Gasteiger partial charge in [0.15, 0.2) is 0 Å². The minimum atomic E-state index is 0.768. The van der Waals surface area contributed by atoms with Crippen molar-refractivity contribution in [2.24, 2.45) is 0 Å². The summed E-state index contributed by atoms with van der Waals surface area (Å²) < 4.78 is 6.16. The van der Waals surface area contributed by atoms with Crippen LogP contribution in [0.15, 0.2) is 34.2 Å². The lowest BCUT2D eigenvalue weighted by atomic mass is 10.4. The summed E-state index contributed by atoms with van der Waals surface area (Å²) in [6.45, 7) is 0.787. The number of halogens is 1. The molecule has 0 radical (unpaired) electrons. The van der Waals surface area contributed by atoms with Crippen molar-refractivity contribution in [2.45, 2.75) is 6.54 Å². The lowest BCUT2D eigenvalue weighted by Gasteiger charge is -2.04. The molecule has 0 aliphatic rings. The molecule has 0 fully saturated rings. The van der Waals surface area contributed by atoms with Gasteiger partial charge in [0.25, 0.3) is 0 Å². The first kappa shape index (κ1) is 11.4. The Hall–Kier alpha value is -1.07. The number of rotatable bonds is 4. The molecular weight excluding hydrogens is 288 g/mol. The van der Waals surface area contributed by atoms with E-state index >= 15 is 0 Å². The van der Waals surface area contributed by atoms with Crippen LogP contribution in [0.5, 0.6) is 5.75 Å². The van der Waals surface area contributed by atoms with Gasteiger partial charge in [-0.1, -0.05) is 0 Å². The zero-order valence-electron chi connectivity index (χ0n) is 8.74. The molecule has 5 heteroatoms. The van der Waals surface area contributed by atoms with Crippen molar-refractivity contribution in [3.63, 3.8) is 0 Å². The maximum absolute atomic E-state index is 5.04. The van der Waals surface area contributed by atoms with E-state index in [-0.39, 0.29) is 0 Å². The third kappa shape index (κ3) is 2.96. The van der Waals surface area contributed by atoms with Crippen LogP contribution in [-0.2, 0) is 6.54 Å². The summed E-state index contributed by atoms with van der Waals surface area (Å²) in [7, 11) is 1.63. The molecule has 0 saturated carbocycles. The van der Waals surface area contributed by atoms with Crippen LogP contribution in [0.3, 0.4) is 0 Å². The highest BCUT2D eigenvalue weighted by Crippen LogP contribution is 2.20. The van der Waals surface area contributed by atoms with Crippen molar-refractivity contribution in [1.29, 1.82) is 0 Å². The Labute approximate surface area is 107 Å². The molecule has 2 aromatic rings. The second-order valence-electron chi connectivity index (χ2n) is 3.17. The van der Waals surface area contributed by atoms with Crippen molar-refractivity contribution >= 4 is 33.1 Å². The lowest BCUT2D eigenvalue weighted by molar-refractivity contribution is 0.413. The SMILES string of the molecule is COc1ccc(NCc2cc(Br)cs2)nc1. The molecule has 0 atom stereocenters. The molecule has 2 aromatic heterocycles. The lowest BCUT2D eigenvalue weighted by Crippen LogP contribution is -1.99. The van der Waals surface area contributed by atoms with Gasteiger partial charge in [0, 0.05) is 14.7 Å². The van der Waals surface area contributed by atoms with E-state index in [1.54, 1.807) is 24.6 Å². The molecule has 0 unspecified atom stereocenters. The van der Waals surface area contributed by atoms with E-state index in [1.807, 2.05) is 12.1 Å². The fourth-order valence-electron chi connectivity index (χ4n) is 1.23. The zero-order chi connectivity index (χ0) is 11.4. The van der Waals surface area contributed by atoms with Gasteiger partial charge >= 0.3 is 0 Å². The maximum atomic E-state index is 5.04. The van der Waals surface area contributed by atoms with E-state index in [9.17, 15) is 0 Å². The Morgan fingerprint density at radius 1 is 1.50 bits per heavy atom. The van der Waals surface area contributed by atoms with E-state index in [0.717, 1.165) is 22.6 Å². The molecule has 2 heterocycles. The van der Waals surface area contributed by atoms with E-state index in [0.29, 0.717) is 0 Å². The van der Waals surface area contributed by atoms with Crippen LogP contribution < -0.4 is 10.1 Å². The number of hydrogen-bond acceptors (Lipinski definition) is 4. The highest BCUT2D eigenvalue weighted by molar-refractivity contribution is 9.10. The van der Waals surface area contributed by atoms with Crippen LogP contribution in [0.1, 0.15) is 4.88 Å². The van der Waals surface area contributed by atoms with Gasteiger partial charge in [-0.05, 0) is 34.1 Å². The molecule has 0 aliphatic heterocycles. The summed E-state index contributed by atoms with van der Waals surface area (Å²) in [6, 6.07) is 5.89. The molecule has 0 spiro atoms. The van der Waals surface area contributed by atoms with Crippen LogP contribution in [0.2, 0.25) is 0 Å². The summed E-state index contributed by atoms with van der Waals surface area (Å²) in [6.07, 6.45) is 1.70. The van der Waals surface area contributed by atoms with Crippen molar-refractivity contribution < 1.29 is 4.74 Å². The first-order valence-corrected chi connectivity index (χ1v) is 6.42. The first-order valence-electron chi connectivity index (χ1n) is 4.75. The van der Waals surface area contributed by atoms with Crippen molar-refractivity contribution in [3.05, 3.63) is 39.1 Å². The predicted molar refractivity (Wildman–Crippen MR) is 70.1 cm³/mol. The zero-order valence-corrected chi connectivity index (χ0v) is 11.1. The highest BCUT2D eigenvalue weighted by Gasteiger charge is 1.99. The smallest absolute Gasteiger partial charge is 0.137 e. The Balaban J connectivity index is 1.94. The molecule has 0 aliphatic carbocycles. The Bertz CT molecular complexity index is 455. The Morgan fingerprint density at radius 2 is 2.38 bits per heavy atom. The molecule has 0 aromatic carbocycles. The molecule has 1 N–H and O–H groups in total. The van der Waals surface area contributed by atoms with Gasteiger partial charge in [-0.2, -0.15) is 0 Å². The predicted octanol–water partition coefficient (Wildman–Crippen LogP) is 3.53. The Kier molecular flexibility index (Phi) is 3.79. The second kappa shape index (κ2) is 5.32. The van der Waals surface area contributed by atoms with Gasteiger partial charge in [-0.25, -0.2) is 4.98 Å². The molecular formula is C11H11BrN2OS. The van der Waals surface area contributed by atoms with Crippen LogP contribution in [0.4, 0.5) is 5.82 Å². The third-order valence-corrected chi connectivity index (χ3v) is 3.74. The number of aromatic nitrogens is 1. The maximum Gasteiger partial charge on any atom is 0.137 e. The molecule has 0 amide bonds. The minimum absolute atomic E-state index is 0.768. The number of pyridine rings is 1. The fourth-order valence-corrected chi connectivity index (χ4v) is 2.62. The molecule has 84 valence electrons. The van der Waals surface area contributed by atoms with Gasteiger partial charge in [-0.3, -0.25) is 0 Å². The number of hydrogen-bond donors (Lipinski definition) is 1. The van der Waals surface area contributed by atoms with Gasteiger partial charge < -0.3 is 10.1 Å².